The largest absolute Gasteiger partial charge is 0.435 e. The van der Waals surface area contributed by atoms with E-state index in [0.29, 0.717) is 5.56 Å². The smallest absolute Gasteiger partial charge is 0.387 e. The zero-order valence-corrected chi connectivity index (χ0v) is 7.42. The molecule has 14 heavy (non-hydrogen) atoms. The quantitative estimate of drug-likeness (QED) is 0.730. The summed E-state index contributed by atoms with van der Waals surface area (Å²) in [5.41, 5.74) is 0.547. The summed E-state index contributed by atoms with van der Waals surface area (Å²) >= 11 is 0. The molecule has 0 aliphatic heterocycles. The lowest BCUT2D eigenvalue weighted by atomic mass is 10.0. The minimum atomic E-state index is -2.86. The topological polar surface area (TPSA) is 9.23 Å². The molecule has 0 aliphatic carbocycles. The van der Waals surface area contributed by atoms with Crippen molar-refractivity contribution in [3.8, 4) is 5.75 Å². The fourth-order valence-corrected chi connectivity index (χ4v) is 1.03. The zero-order chi connectivity index (χ0) is 10.6. The fraction of sp³-hybridized carbons (Fsp3) is 0.300. The van der Waals surface area contributed by atoms with Gasteiger partial charge in [0.2, 0.25) is 0 Å². The van der Waals surface area contributed by atoms with Crippen LogP contribution in [-0.4, -0.2) is 13.3 Å². The Balaban J connectivity index is 2.78. The summed E-state index contributed by atoms with van der Waals surface area (Å²) in [4.78, 5) is 0. The van der Waals surface area contributed by atoms with Crippen LogP contribution in [0.25, 0.3) is 0 Å². The van der Waals surface area contributed by atoms with Crippen LogP contribution in [0.15, 0.2) is 24.3 Å². The van der Waals surface area contributed by atoms with Crippen LogP contribution in [0.5, 0.6) is 5.75 Å². The maximum absolute atomic E-state index is 12.2. The number of halogens is 3. The van der Waals surface area contributed by atoms with Crippen molar-refractivity contribution in [2.24, 2.45) is 0 Å². The Morgan fingerprint density at radius 2 is 2.07 bits per heavy atom. The van der Waals surface area contributed by atoms with Crippen LogP contribution in [-0.2, 0) is 0 Å². The number of alkyl halides is 3. The van der Waals surface area contributed by atoms with Crippen LogP contribution in [0.1, 0.15) is 11.5 Å². The SMILES string of the molecule is [CH2]C(CF)c1cccc(OC(F)F)c1. The highest BCUT2D eigenvalue weighted by molar-refractivity contribution is 5.31. The van der Waals surface area contributed by atoms with Gasteiger partial charge in [-0.2, -0.15) is 8.78 Å². The lowest BCUT2D eigenvalue weighted by molar-refractivity contribution is -0.0498. The molecule has 1 unspecified atom stereocenters. The van der Waals surface area contributed by atoms with Crippen molar-refractivity contribution in [3.05, 3.63) is 36.8 Å². The third kappa shape index (κ3) is 2.94. The van der Waals surface area contributed by atoms with Crippen LogP contribution in [0, 0.1) is 6.92 Å². The second kappa shape index (κ2) is 4.88. The highest BCUT2D eigenvalue weighted by Crippen LogP contribution is 2.21. The van der Waals surface area contributed by atoms with Crippen molar-refractivity contribution in [2.45, 2.75) is 12.5 Å². The molecule has 0 amide bonds. The third-order valence-corrected chi connectivity index (χ3v) is 1.74. The van der Waals surface area contributed by atoms with Gasteiger partial charge < -0.3 is 4.74 Å². The van der Waals surface area contributed by atoms with E-state index in [4.69, 9.17) is 0 Å². The van der Waals surface area contributed by atoms with Crippen LogP contribution < -0.4 is 4.74 Å². The fourth-order valence-electron chi connectivity index (χ4n) is 1.03. The van der Waals surface area contributed by atoms with Crippen molar-refractivity contribution < 1.29 is 17.9 Å². The molecule has 0 heterocycles. The molecule has 1 aromatic carbocycles. The first-order valence-corrected chi connectivity index (χ1v) is 4.07. The van der Waals surface area contributed by atoms with Crippen molar-refractivity contribution in [1.29, 1.82) is 0 Å². The van der Waals surface area contributed by atoms with Gasteiger partial charge >= 0.3 is 6.61 Å². The molecule has 0 N–H and O–H groups in total. The minimum Gasteiger partial charge on any atom is -0.435 e. The van der Waals surface area contributed by atoms with Crippen LogP contribution in [0.4, 0.5) is 13.2 Å². The first-order valence-electron chi connectivity index (χ1n) is 4.07. The van der Waals surface area contributed by atoms with Gasteiger partial charge in [0.05, 0.1) is 6.67 Å². The van der Waals surface area contributed by atoms with Gasteiger partial charge in [-0.3, -0.25) is 4.39 Å². The van der Waals surface area contributed by atoms with Gasteiger partial charge in [-0.1, -0.05) is 12.1 Å². The van der Waals surface area contributed by atoms with Crippen molar-refractivity contribution >= 4 is 0 Å². The Kier molecular flexibility index (Phi) is 3.80. The van der Waals surface area contributed by atoms with E-state index in [9.17, 15) is 13.2 Å². The summed E-state index contributed by atoms with van der Waals surface area (Å²) < 4.78 is 40.0. The van der Waals surface area contributed by atoms with E-state index in [-0.39, 0.29) is 5.75 Å². The summed E-state index contributed by atoms with van der Waals surface area (Å²) in [5, 5.41) is 0. The second-order valence-corrected chi connectivity index (χ2v) is 2.80. The molecule has 1 rings (SSSR count). The molecule has 0 bridgehead atoms. The average molecular weight is 203 g/mol. The van der Waals surface area contributed by atoms with E-state index in [1.54, 1.807) is 6.07 Å². The number of rotatable bonds is 4. The summed E-state index contributed by atoms with van der Waals surface area (Å²) in [6.07, 6.45) is 0. The summed E-state index contributed by atoms with van der Waals surface area (Å²) in [5.74, 6) is -0.518. The van der Waals surface area contributed by atoms with Crippen LogP contribution in [0.2, 0.25) is 0 Å². The Morgan fingerprint density at radius 1 is 1.36 bits per heavy atom. The Hall–Kier alpha value is -1.19. The van der Waals surface area contributed by atoms with Gasteiger partial charge in [-0.25, -0.2) is 0 Å². The monoisotopic (exact) mass is 203 g/mol. The third-order valence-electron chi connectivity index (χ3n) is 1.74. The molecule has 1 aromatic rings. The molecule has 0 aromatic heterocycles. The zero-order valence-electron chi connectivity index (χ0n) is 7.42. The minimum absolute atomic E-state index is 0.0274. The lowest BCUT2D eigenvalue weighted by Crippen LogP contribution is -2.03. The summed E-state index contributed by atoms with van der Waals surface area (Å²) in [6, 6.07) is 5.90. The molecule has 0 saturated heterocycles. The van der Waals surface area contributed by atoms with Gasteiger partial charge in [0.1, 0.15) is 5.75 Å². The highest BCUT2D eigenvalue weighted by Gasteiger charge is 2.08. The molecule has 1 nitrogen and oxygen atoms in total. The molecule has 0 spiro atoms. The number of hydrogen-bond acceptors (Lipinski definition) is 1. The van der Waals surface area contributed by atoms with Gasteiger partial charge in [0.25, 0.3) is 0 Å². The van der Waals surface area contributed by atoms with E-state index in [1.807, 2.05) is 0 Å². The van der Waals surface area contributed by atoms with E-state index < -0.39 is 19.2 Å². The molecule has 4 heteroatoms. The van der Waals surface area contributed by atoms with Crippen LogP contribution >= 0.6 is 0 Å². The molecule has 0 saturated carbocycles. The molecule has 1 radical (unpaired) electrons. The predicted molar refractivity (Wildman–Crippen MR) is 47.1 cm³/mol. The number of ether oxygens (including phenoxy) is 1. The lowest BCUT2D eigenvalue weighted by Gasteiger charge is -2.09. The van der Waals surface area contributed by atoms with Crippen molar-refractivity contribution in [1.82, 2.24) is 0 Å². The van der Waals surface area contributed by atoms with Crippen molar-refractivity contribution in [2.75, 3.05) is 6.67 Å². The maximum atomic E-state index is 12.2. The van der Waals surface area contributed by atoms with Gasteiger partial charge in [0.15, 0.2) is 0 Å². The molecular formula is C10H10F3O. The molecular weight excluding hydrogens is 193 g/mol. The predicted octanol–water partition coefficient (Wildman–Crippen LogP) is 3.18. The normalized spacial score (nSPS) is 12.9. The maximum Gasteiger partial charge on any atom is 0.387 e. The van der Waals surface area contributed by atoms with E-state index in [1.165, 1.54) is 18.2 Å². The van der Waals surface area contributed by atoms with E-state index in [2.05, 4.69) is 11.7 Å². The average Bonchev–Trinajstić information content (AvgIpc) is 2.16. The second-order valence-electron chi connectivity index (χ2n) is 2.80. The van der Waals surface area contributed by atoms with Crippen LogP contribution in [0.3, 0.4) is 0 Å². The molecule has 77 valence electrons. The highest BCUT2D eigenvalue weighted by atomic mass is 19.3. The van der Waals surface area contributed by atoms with Gasteiger partial charge in [-0.15, -0.1) is 0 Å². The first kappa shape index (κ1) is 10.9. The Morgan fingerprint density at radius 3 is 2.64 bits per heavy atom. The molecule has 0 fully saturated rings. The van der Waals surface area contributed by atoms with Gasteiger partial charge in [0, 0.05) is 5.92 Å². The number of benzene rings is 1. The Bertz CT molecular complexity index is 288. The summed E-state index contributed by atoms with van der Waals surface area (Å²) in [6.45, 7) is 0.0400. The molecule has 0 aliphatic rings. The summed E-state index contributed by atoms with van der Waals surface area (Å²) in [7, 11) is 0. The van der Waals surface area contributed by atoms with E-state index in [0.717, 1.165) is 0 Å². The number of hydrogen-bond donors (Lipinski definition) is 0. The van der Waals surface area contributed by atoms with Gasteiger partial charge in [-0.05, 0) is 24.6 Å². The van der Waals surface area contributed by atoms with E-state index >= 15 is 0 Å². The first-order chi connectivity index (χ1) is 6.63. The Labute approximate surface area is 80.5 Å². The van der Waals surface area contributed by atoms with Crippen molar-refractivity contribution in [3.63, 3.8) is 0 Å². The molecule has 1 atom stereocenters. The standard InChI is InChI=1S/C10H10F3O/c1-7(6-11)8-3-2-4-9(5-8)14-10(12)13/h2-5,7,10H,1,6H2.